The van der Waals surface area contributed by atoms with Crippen LogP contribution in [0.25, 0.3) is 38.7 Å². The van der Waals surface area contributed by atoms with Crippen LogP contribution in [0.2, 0.25) is 0 Å². The number of aliphatic hydroxyl groups excluding tert-OH is 1. The zero-order chi connectivity index (χ0) is 23.9. The standard InChI is InChI=1S/C29H24N4O2/c1-18-11-13-19(14-12-18)27-21-7-3-4-8-22(21)28-31-24-17-20(15-16-25(24)33(28)32-27)30-29(34)23-9-5-6-10-26(23)35-2/h3-17,29-30,34H,1-2H3. The number of anilines is 1. The number of fused-ring (bicyclic) bond motifs is 5. The summed E-state index contributed by atoms with van der Waals surface area (Å²) in [5, 5.41) is 21.1. The van der Waals surface area contributed by atoms with Gasteiger partial charge >= 0.3 is 0 Å². The molecule has 4 aromatic carbocycles. The van der Waals surface area contributed by atoms with Crippen molar-refractivity contribution in [2.75, 3.05) is 12.4 Å². The topological polar surface area (TPSA) is 71.7 Å². The first kappa shape index (κ1) is 21.1. The lowest BCUT2D eigenvalue weighted by molar-refractivity contribution is 0.203. The molecule has 0 aliphatic carbocycles. The van der Waals surface area contributed by atoms with E-state index in [0.29, 0.717) is 11.3 Å². The van der Waals surface area contributed by atoms with Crippen LogP contribution in [0.4, 0.5) is 5.69 Å². The molecular formula is C29H24N4O2. The van der Waals surface area contributed by atoms with Crippen LogP contribution in [-0.2, 0) is 0 Å². The summed E-state index contributed by atoms with van der Waals surface area (Å²) in [5.74, 6) is 0.626. The number of ether oxygens (including phenoxy) is 1. The minimum Gasteiger partial charge on any atom is -0.496 e. The van der Waals surface area contributed by atoms with Crippen molar-refractivity contribution in [3.8, 4) is 17.0 Å². The Balaban J connectivity index is 1.47. The number of nitrogens with one attached hydrogen (secondary N) is 1. The summed E-state index contributed by atoms with van der Waals surface area (Å²) < 4.78 is 7.30. The molecule has 1 atom stereocenters. The maximum absolute atomic E-state index is 10.8. The number of methoxy groups -OCH3 is 1. The molecule has 35 heavy (non-hydrogen) atoms. The van der Waals surface area contributed by atoms with Crippen LogP contribution < -0.4 is 10.1 Å². The highest BCUT2D eigenvalue weighted by molar-refractivity contribution is 6.04. The molecule has 6 rings (SSSR count). The molecule has 0 saturated carbocycles. The highest BCUT2D eigenvalue weighted by Gasteiger charge is 2.16. The molecule has 0 radical (unpaired) electrons. The van der Waals surface area contributed by atoms with Gasteiger partial charge in [0.25, 0.3) is 0 Å². The van der Waals surface area contributed by atoms with E-state index < -0.39 is 6.23 Å². The Hall–Kier alpha value is -4.42. The second-order valence-electron chi connectivity index (χ2n) is 8.60. The summed E-state index contributed by atoms with van der Waals surface area (Å²) in [6.07, 6.45) is -0.923. The van der Waals surface area contributed by atoms with Gasteiger partial charge in [-0.2, -0.15) is 5.10 Å². The molecule has 6 heteroatoms. The number of para-hydroxylation sites is 1. The van der Waals surface area contributed by atoms with Crippen LogP contribution in [0.5, 0.6) is 5.75 Å². The van der Waals surface area contributed by atoms with E-state index in [1.807, 2.05) is 59.1 Å². The van der Waals surface area contributed by atoms with E-state index >= 15 is 0 Å². The second kappa shape index (κ2) is 8.42. The zero-order valence-corrected chi connectivity index (χ0v) is 19.4. The summed E-state index contributed by atoms with van der Waals surface area (Å²) in [6, 6.07) is 29.9. The average molecular weight is 461 g/mol. The van der Waals surface area contributed by atoms with Gasteiger partial charge in [0.05, 0.1) is 23.8 Å². The van der Waals surface area contributed by atoms with Crippen LogP contribution in [0, 0.1) is 6.92 Å². The van der Waals surface area contributed by atoms with Gasteiger partial charge in [-0.25, -0.2) is 9.50 Å². The fourth-order valence-electron chi connectivity index (χ4n) is 4.52. The fraction of sp³-hybridized carbons (Fsp3) is 0.103. The fourth-order valence-corrected chi connectivity index (χ4v) is 4.52. The Labute approximate surface area is 202 Å². The maximum Gasteiger partial charge on any atom is 0.162 e. The summed E-state index contributed by atoms with van der Waals surface area (Å²) in [6.45, 7) is 2.08. The van der Waals surface area contributed by atoms with Crippen molar-refractivity contribution in [3.63, 3.8) is 0 Å². The Morgan fingerprint density at radius 1 is 0.886 bits per heavy atom. The first-order chi connectivity index (χ1) is 17.1. The average Bonchev–Trinajstić information content (AvgIpc) is 3.26. The normalized spacial score (nSPS) is 12.3. The number of imidazole rings is 1. The lowest BCUT2D eigenvalue weighted by atomic mass is 10.0. The van der Waals surface area contributed by atoms with Crippen LogP contribution in [0.3, 0.4) is 0 Å². The van der Waals surface area contributed by atoms with Crippen molar-refractivity contribution < 1.29 is 9.84 Å². The number of benzene rings is 4. The van der Waals surface area contributed by atoms with E-state index in [1.165, 1.54) is 5.56 Å². The van der Waals surface area contributed by atoms with Crippen molar-refractivity contribution >= 4 is 33.1 Å². The number of nitrogens with zero attached hydrogens (tertiary/aromatic N) is 3. The number of aryl methyl sites for hydroxylation is 1. The molecule has 172 valence electrons. The van der Waals surface area contributed by atoms with E-state index in [9.17, 15) is 5.11 Å². The molecule has 0 saturated heterocycles. The molecule has 2 heterocycles. The Kier molecular flexibility index (Phi) is 5.08. The summed E-state index contributed by atoms with van der Waals surface area (Å²) in [5.41, 5.74) is 7.10. The smallest absolute Gasteiger partial charge is 0.162 e. The van der Waals surface area contributed by atoms with E-state index in [1.54, 1.807) is 7.11 Å². The second-order valence-corrected chi connectivity index (χ2v) is 8.60. The first-order valence-electron chi connectivity index (χ1n) is 11.5. The van der Waals surface area contributed by atoms with Crippen LogP contribution in [0.1, 0.15) is 17.4 Å². The maximum atomic E-state index is 10.8. The van der Waals surface area contributed by atoms with Crippen LogP contribution >= 0.6 is 0 Å². The largest absolute Gasteiger partial charge is 0.496 e. The van der Waals surface area contributed by atoms with Crippen molar-refractivity contribution in [2.24, 2.45) is 0 Å². The molecule has 0 fully saturated rings. The van der Waals surface area contributed by atoms with Crippen molar-refractivity contribution in [1.82, 2.24) is 14.6 Å². The van der Waals surface area contributed by atoms with Gasteiger partial charge in [-0.05, 0) is 31.2 Å². The minimum absolute atomic E-state index is 0.626. The van der Waals surface area contributed by atoms with Gasteiger partial charge in [0, 0.05) is 27.6 Å². The minimum atomic E-state index is -0.923. The highest BCUT2D eigenvalue weighted by Crippen LogP contribution is 2.32. The predicted molar refractivity (Wildman–Crippen MR) is 140 cm³/mol. The third-order valence-corrected chi connectivity index (χ3v) is 6.32. The third-order valence-electron chi connectivity index (χ3n) is 6.32. The predicted octanol–water partition coefficient (Wildman–Crippen LogP) is 6.12. The molecule has 0 bridgehead atoms. The van der Waals surface area contributed by atoms with E-state index in [4.69, 9.17) is 14.8 Å². The summed E-state index contributed by atoms with van der Waals surface area (Å²) in [4.78, 5) is 4.92. The molecule has 1 unspecified atom stereocenters. The number of rotatable bonds is 5. The number of hydrogen-bond donors (Lipinski definition) is 2. The number of aromatic nitrogens is 3. The number of hydrogen-bond acceptors (Lipinski definition) is 5. The van der Waals surface area contributed by atoms with Gasteiger partial charge in [-0.15, -0.1) is 0 Å². The van der Waals surface area contributed by atoms with Gasteiger partial charge in [-0.1, -0.05) is 72.3 Å². The molecule has 0 amide bonds. The van der Waals surface area contributed by atoms with Gasteiger partial charge in [0.1, 0.15) is 5.75 Å². The molecular weight excluding hydrogens is 436 g/mol. The molecule has 0 aliphatic heterocycles. The van der Waals surface area contributed by atoms with Gasteiger partial charge in [0.15, 0.2) is 11.9 Å². The van der Waals surface area contributed by atoms with Gasteiger partial charge in [-0.3, -0.25) is 0 Å². The highest BCUT2D eigenvalue weighted by atomic mass is 16.5. The van der Waals surface area contributed by atoms with Crippen LogP contribution in [-0.4, -0.2) is 26.8 Å². The van der Waals surface area contributed by atoms with E-state index in [0.717, 1.165) is 44.4 Å². The summed E-state index contributed by atoms with van der Waals surface area (Å²) in [7, 11) is 1.59. The van der Waals surface area contributed by atoms with Crippen molar-refractivity contribution in [2.45, 2.75) is 13.2 Å². The van der Waals surface area contributed by atoms with E-state index in [-0.39, 0.29) is 0 Å². The zero-order valence-electron chi connectivity index (χ0n) is 19.4. The SMILES string of the molecule is COc1ccccc1C(O)Nc1ccc2c(c1)nc1c3ccccc3c(-c3ccc(C)cc3)nn21. The third kappa shape index (κ3) is 3.64. The van der Waals surface area contributed by atoms with E-state index in [2.05, 4.69) is 48.6 Å². The molecule has 0 aliphatic rings. The monoisotopic (exact) mass is 460 g/mol. The Morgan fingerprint density at radius 2 is 1.63 bits per heavy atom. The van der Waals surface area contributed by atoms with Crippen molar-refractivity contribution in [3.05, 3.63) is 102 Å². The Morgan fingerprint density at radius 3 is 2.43 bits per heavy atom. The van der Waals surface area contributed by atoms with Gasteiger partial charge < -0.3 is 15.2 Å². The van der Waals surface area contributed by atoms with Gasteiger partial charge in [0.2, 0.25) is 0 Å². The number of aliphatic hydroxyl groups is 1. The molecule has 0 spiro atoms. The molecule has 2 aromatic heterocycles. The Bertz CT molecular complexity index is 1690. The molecule has 2 N–H and O–H groups in total. The lowest BCUT2D eigenvalue weighted by Crippen LogP contribution is -2.10. The quantitative estimate of drug-likeness (QED) is 0.303. The van der Waals surface area contributed by atoms with Crippen molar-refractivity contribution in [1.29, 1.82) is 0 Å². The first-order valence-corrected chi connectivity index (χ1v) is 11.5. The summed E-state index contributed by atoms with van der Waals surface area (Å²) >= 11 is 0. The lowest BCUT2D eigenvalue weighted by Gasteiger charge is -2.17. The molecule has 6 nitrogen and oxygen atoms in total. The molecule has 6 aromatic rings. The van der Waals surface area contributed by atoms with Crippen LogP contribution in [0.15, 0.2) is 91.0 Å².